The molecule has 1 heterocycles. The minimum Gasteiger partial charge on any atom is -0.355 e. The van der Waals surface area contributed by atoms with Crippen LogP contribution in [0.4, 0.5) is 0 Å². The van der Waals surface area contributed by atoms with E-state index in [1.807, 2.05) is 30.3 Å². The Hall–Kier alpha value is -1.23. The number of carbonyl (C=O) groups is 1. The maximum atomic E-state index is 11.7. The molecule has 0 radical (unpaired) electrons. The lowest BCUT2D eigenvalue weighted by Crippen LogP contribution is -2.27. The molecular weight excluding hydrogens is 339 g/mol. The van der Waals surface area contributed by atoms with Crippen molar-refractivity contribution >= 4 is 40.9 Å². The monoisotopic (exact) mass is 354 g/mol. The van der Waals surface area contributed by atoms with Gasteiger partial charge in [-0.15, -0.1) is 11.8 Å². The minimum atomic E-state index is 0.0287. The second-order valence-electron chi connectivity index (χ2n) is 4.66. The van der Waals surface area contributed by atoms with E-state index in [9.17, 15) is 4.79 Å². The normalized spacial score (nSPS) is 10.5. The fourth-order valence-corrected chi connectivity index (χ4v) is 2.94. The third-order valence-corrected chi connectivity index (χ3v) is 4.66. The van der Waals surface area contributed by atoms with Crippen molar-refractivity contribution < 1.29 is 4.79 Å². The molecule has 0 aliphatic rings. The van der Waals surface area contributed by atoms with Crippen molar-refractivity contribution in [3.8, 4) is 0 Å². The van der Waals surface area contributed by atoms with Gasteiger partial charge in [0, 0.05) is 30.6 Å². The summed E-state index contributed by atoms with van der Waals surface area (Å²) in [6.07, 6.45) is 2.49. The quantitative estimate of drug-likeness (QED) is 0.817. The number of halogens is 2. The van der Waals surface area contributed by atoms with Crippen LogP contribution in [-0.4, -0.2) is 23.2 Å². The van der Waals surface area contributed by atoms with Gasteiger partial charge < -0.3 is 5.32 Å². The Morgan fingerprint density at radius 2 is 2.05 bits per heavy atom. The predicted molar refractivity (Wildman–Crippen MR) is 93.6 cm³/mol. The number of hydrogen-bond acceptors (Lipinski definition) is 3. The molecule has 1 N–H and O–H groups in total. The van der Waals surface area contributed by atoms with Crippen molar-refractivity contribution in [3.05, 3.63) is 63.9 Å². The van der Waals surface area contributed by atoms with Crippen molar-refractivity contribution in [2.45, 2.75) is 12.2 Å². The SMILES string of the molecule is O=C(CSCc1ccc(Cl)c(Cl)c1)NCCc1ccccn1. The van der Waals surface area contributed by atoms with E-state index in [-0.39, 0.29) is 5.91 Å². The molecule has 3 nitrogen and oxygen atoms in total. The molecule has 0 atom stereocenters. The summed E-state index contributed by atoms with van der Waals surface area (Å²) in [6, 6.07) is 11.3. The van der Waals surface area contributed by atoms with Gasteiger partial charge in [-0.25, -0.2) is 0 Å². The summed E-state index contributed by atoms with van der Waals surface area (Å²) in [5.74, 6) is 1.17. The van der Waals surface area contributed by atoms with Gasteiger partial charge in [0.25, 0.3) is 0 Å². The summed E-state index contributed by atoms with van der Waals surface area (Å²) in [5, 5.41) is 3.98. The number of nitrogens with one attached hydrogen (secondary N) is 1. The number of hydrogen-bond donors (Lipinski definition) is 1. The number of pyridine rings is 1. The molecule has 2 aromatic rings. The zero-order valence-corrected chi connectivity index (χ0v) is 14.2. The zero-order valence-electron chi connectivity index (χ0n) is 11.9. The molecule has 0 bridgehead atoms. The number of nitrogens with zero attached hydrogens (tertiary/aromatic N) is 1. The van der Waals surface area contributed by atoms with Crippen LogP contribution in [0.15, 0.2) is 42.6 Å². The molecule has 1 aromatic heterocycles. The number of amides is 1. The molecular formula is C16H16Cl2N2OS. The topological polar surface area (TPSA) is 42.0 Å². The van der Waals surface area contributed by atoms with E-state index in [0.29, 0.717) is 22.3 Å². The second kappa shape index (κ2) is 9.03. The maximum absolute atomic E-state index is 11.7. The molecule has 22 heavy (non-hydrogen) atoms. The molecule has 2 rings (SSSR count). The molecule has 1 aromatic carbocycles. The Labute approximate surface area is 144 Å². The first-order valence-corrected chi connectivity index (χ1v) is 8.74. The van der Waals surface area contributed by atoms with E-state index < -0.39 is 0 Å². The van der Waals surface area contributed by atoms with Crippen LogP contribution in [0.5, 0.6) is 0 Å². The largest absolute Gasteiger partial charge is 0.355 e. The average molecular weight is 355 g/mol. The molecule has 0 saturated heterocycles. The van der Waals surface area contributed by atoms with Crippen LogP contribution in [0.2, 0.25) is 10.0 Å². The van der Waals surface area contributed by atoms with Crippen LogP contribution in [0.1, 0.15) is 11.3 Å². The lowest BCUT2D eigenvalue weighted by atomic mass is 10.2. The van der Waals surface area contributed by atoms with Crippen LogP contribution in [0, 0.1) is 0 Å². The first-order valence-electron chi connectivity index (χ1n) is 6.83. The summed E-state index contributed by atoms with van der Waals surface area (Å²) in [5.41, 5.74) is 2.03. The Morgan fingerprint density at radius 3 is 2.77 bits per heavy atom. The highest BCUT2D eigenvalue weighted by Crippen LogP contribution is 2.24. The maximum Gasteiger partial charge on any atom is 0.230 e. The predicted octanol–water partition coefficient (Wildman–Crippen LogP) is 3.98. The first kappa shape index (κ1) is 17.1. The van der Waals surface area contributed by atoms with Crippen molar-refractivity contribution in [1.29, 1.82) is 0 Å². The van der Waals surface area contributed by atoms with Gasteiger partial charge in [-0.2, -0.15) is 0 Å². The molecule has 0 aliphatic carbocycles. The molecule has 1 amide bonds. The summed E-state index contributed by atoms with van der Waals surface area (Å²) in [4.78, 5) is 16.0. The van der Waals surface area contributed by atoms with Gasteiger partial charge >= 0.3 is 0 Å². The molecule has 0 spiro atoms. The number of aromatic nitrogens is 1. The molecule has 0 fully saturated rings. The number of benzene rings is 1. The highest BCUT2D eigenvalue weighted by Gasteiger charge is 2.04. The highest BCUT2D eigenvalue weighted by molar-refractivity contribution is 7.99. The van der Waals surface area contributed by atoms with E-state index in [4.69, 9.17) is 23.2 Å². The molecule has 0 aliphatic heterocycles. The van der Waals surface area contributed by atoms with Gasteiger partial charge in [0.15, 0.2) is 0 Å². The van der Waals surface area contributed by atoms with E-state index in [1.165, 1.54) is 0 Å². The van der Waals surface area contributed by atoms with Crippen LogP contribution >= 0.6 is 35.0 Å². The smallest absolute Gasteiger partial charge is 0.230 e. The number of thioether (sulfide) groups is 1. The van der Waals surface area contributed by atoms with Crippen molar-refractivity contribution in [1.82, 2.24) is 10.3 Å². The minimum absolute atomic E-state index is 0.0287. The van der Waals surface area contributed by atoms with Gasteiger partial charge in [0.05, 0.1) is 15.8 Å². The van der Waals surface area contributed by atoms with Gasteiger partial charge in [0.1, 0.15) is 0 Å². The van der Waals surface area contributed by atoms with Gasteiger partial charge in [-0.3, -0.25) is 9.78 Å². The second-order valence-corrected chi connectivity index (χ2v) is 6.46. The lowest BCUT2D eigenvalue weighted by Gasteiger charge is -2.06. The third-order valence-electron chi connectivity index (χ3n) is 2.92. The average Bonchev–Trinajstić information content (AvgIpc) is 2.52. The summed E-state index contributed by atoms with van der Waals surface area (Å²) in [6.45, 7) is 0.600. The third kappa shape index (κ3) is 5.87. The van der Waals surface area contributed by atoms with Crippen LogP contribution in [0.25, 0.3) is 0 Å². The molecule has 0 saturated carbocycles. The van der Waals surface area contributed by atoms with E-state index in [0.717, 1.165) is 23.4 Å². The van der Waals surface area contributed by atoms with Crippen LogP contribution in [0.3, 0.4) is 0 Å². The Morgan fingerprint density at radius 1 is 1.18 bits per heavy atom. The molecule has 0 unspecified atom stereocenters. The molecule has 6 heteroatoms. The lowest BCUT2D eigenvalue weighted by molar-refractivity contribution is -0.118. The van der Waals surface area contributed by atoms with Crippen molar-refractivity contribution in [2.24, 2.45) is 0 Å². The van der Waals surface area contributed by atoms with E-state index >= 15 is 0 Å². The van der Waals surface area contributed by atoms with E-state index in [2.05, 4.69) is 10.3 Å². The molecule has 116 valence electrons. The standard InChI is InChI=1S/C16H16Cl2N2OS/c17-14-5-4-12(9-15(14)18)10-22-11-16(21)20-8-6-13-3-1-2-7-19-13/h1-5,7,9H,6,8,10-11H2,(H,20,21). The number of carbonyl (C=O) groups excluding carboxylic acids is 1. The summed E-state index contributed by atoms with van der Waals surface area (Å²) in [7, 11) is 0. The van der Waals surface area contributed by atoms with Crippen molar-refractivity contribution in [3.63, 3.8) is 0 Å². The van der Waals surface area contributed by atoms with E-state index in [1.54, 1.807) is 24.0 Å². The Balaban J connectivity index is 1.64. The van der Waals surface area contributed by atoms with Crippen molar-refractivity contribution in [2.75, 3.05) is 12.3 Å². The fourth-order valence-electron chi connectivity index (χ4n) is 1.82. The summed E-state index contributed by atoms with van der Waals surface area (Å²) >= 11 is 13.4. The van der Waals surface area contributed by atoms with Gasteiger partial charge in [0.2, 0.25) is 5.91 Å². The zero-order chi connectivity index (χ0) is 15.8. The van der Waals surface area contributed by atoms with Gasteiger partial charge in [-0.05, 0) is 29.8 Å². The first-order chi connectivity index (χ1) is 10.6. The van der Waals surface area contributed by atoms with Gasteiger partial charge in [-0.1, -0.05) is 35.3 Å². The fraction of sp³-hybridized carbons (Fsp3) is 0.250. The van der Waals surface area contributed by atoms with Crippen LogP contribution < -0.4 is 5.32 Å². The Kier molecular flexibility index (Phi) is 7.03. The highest BCUT2D eigenvalue weighted by atomic mass is 35.5. The summed E-state index contributed by atoms with van der Waals surface area (Å²) < 4.78 is 0. The van der Waals surface area contributed by atoms with Crippen LogP contribution in [-0.2, 0) is 17.0 Å². The number of rotatable bonds is 7. The Bertz CT molecular complexity index is 623.